The number of halogens is 3. The molecule has 5 nitrogen and oxygen atoms in total. The number of benzene rings is 1. The van der Waals surface area contributed by atoms with E-state index < -0.39 is 11.7 Å². The van der Waals surface area contributed by atoms with E-state index in [1.54, 1.807) is 23.2 Å². The zero-order chi connectivity index (χ0) is 19.4. The molecule has 3 rings (SSSR count). The van der Waals surface area contributed by atoms with E-state index in [1.165, 1.54) is 18.3 Å². The number of pyridine rings is 1. The minimum absolute atomic E-state index is 0.115. The second-order valence-electron chi connectivity index (χ2n) is 6.38. The Bertz CT molecular complexity index is 816. The van der Waals surface area contributed by atoms with Gasteiger partial charge in [-0.15, -0.1) is 0 Å². The summed E-state index contributed by atoms with van der Waals surface area (Å²) in [4.78, 5) is 30.3. The highest BCUT2D eigenvalue weighted by molar-refractivity contribution is 5.95. The molecule has 142 valence electrons. The number of carbonyl (C=O) groups is 2. The average molecular weight is 377 g/mol. The topological polar surface area (TPSA) is 62.3 Å². The molecule has 0 saturated carbocycles. The van der Waals surface area contributed by atoms with Crippen LogP contribution in [0.15, 0.2) is 48.8 Å². The standard InChI is InChI=1S/C19H18F3N3O2/c20-19(21,22)15-4-1-5-16(11-15)24-17(26)13-6-9-25(10-7-13)18(27)14-3-2-8-23-12-14/h1-5,8,11-13H,6-7,9-10H2,(H,24,26). The van der Waals surface area contributed by atoms with Gasteiger partial charge in [-0.25, -0.2) is 0 Å². The van der Waals surface area contributed by atoms with E-state index in [4.69, 9.17) is 0 Å². The fraction of sp³-hybridized carbons (Fsp3) is 0.316. The van der Waals surface area contributed by atoms with Gasteiger partial charge in [0, 0.05) is 37.1 Å². The van der Waals surface area contributed by atoms with Gasteiger partial charge < -0.3 is 10.2 Å². The average Bonchev–Trinajstić information content (AvgIpc) is 2.68. The minimum Gasteiger partial charge on any atom is -0.339 e. The number of nitrogens with one attached hydrogen (secondary N) is 1. The van der Waals surface area contributed by atoms with E-state index in [9.17, 15) is 22.8 Å². The van der Waals surface area contributed by atoms with Crippen LogP contribution in [-0.2, 0) is 11.0 Å². The fourth-order valence-electron chi connectivity index (χ4n) is 3.03. The highest BCUT2D eigenvalue weighted by atomic mass is 19.4. The number of piperidine rings is 1. The van der Waals surface area contributed by atoms with E-state index in [2.05, 4.69) is 10.3 Å². The third-order valence-electron chi connectivity index (χ3n) is 4.52. The van der Waals surface area contributed by atoms with E-state index >= 15 is 0 Å². The summed E-state index contributed by atoms with van der Waals surface area (Å²) < 4.78 is 38.3. The minimum atomic E-state index is -4.46. The van der Waals surface area contributed by atoms with E-state index in [0.29, 0.717) is 31.5 Å². The Balaban J connectivity index is 1.57. The van der Waals surface area contributed by atoms with Crippen LogP contribution in [0.4, 0.5) is 18.9 Å². The van der Waals surface area contributed by atoms with Crippen LogP contribution < -0.4 is 5.32 Å². The smallest absolute Gasteiger partial charge is 0.339 e. The molecule has 0 aliphatic carbocycles. The third-order valence-corrected chi connectivity index (χ3v) is 4.52. The van der Waals surface area contributed by atoms with Crippen molar-refractivity contribution in [1.82, 2.24) is 9.88 Å². The Morgan fingerprint density at radius 3 is 2.48 bits per heavy atom. The number of likely N-dealkylation sites (tertiary alicyclic amines) is 1. The molecule has 8 heteroatoms. The second kappa shape index (κ2) is 7.77. The molecule has 0 atom stereocenters. The number of nitrogens with zero attached hydrogens (tertiary/aromatic N) is 2. The highest BCUT2D eigenvalue weighted by Crippen LogP contribution is 2.31. The molecule has 1 N–H and O–H groups in total. The quantitative estimate of drug-likeness (QED) is 0.889. The van der Waals surface area contributed by atoms with Crippen LogP contribution in [0, 0.1) is 5.92 Å². The number of amides is 2. The van der Waals surface area contributed by atoms with Gasteiger partial charge in [0.2, 0.25) is 5.91 Å². The number of hydrogen-bond donors (Lipinski definition) is 1. The molecule has 1 aromatic carbocycles. The van der Waals surface area contributed by atoms with Gasteiger partial charge in [-0.3, -0.25) is 14.6 Å². The number of hydrogen-bond acceptors (Lipinski definition) is 3. The summed E-state index contributed by atoms with van der Waals surface area (Å²) in [5.74, 6) is -0.819. The molecule has 0 unspecified atom stereocenters. The molecule has 2 amide bonds. The number of rotatable bonds is 3. The molecule has 1 fully saturated rings. The predicted octanol–water partition coefficient (Wildman–Crippen LogP) is 3.59. The predicted molar refractivity (Wildman–Crippen MR) is 92.9 cm³/mol. The van der Waals surface area contributed by atoms with Crippen LogP contribution in [-0.4, -0.2) is 34.8 Å². The molecular weight excluding hydrogens is 359 g/mol. The second-order valence-corrected chi connectivity index (χ2v) is 6.38. The lowest BCUT2D eigenvalue weighted by Gasteiger charge is -2.31. The van der Waals surface area contributed by atoms with Gasteiger partial charge >= 0.3 is 6.18 Å². The van der Waals surface area contributed by atoms with Crippen molar-refractivity contribution in [2.45, 2.75) is 19.0 Å². The van der Waals surface area contributed by atoms with Gasteiger partial charge in [0.25, 0.3) is 5.91 Å². The molecule has 1 aromatic heterocycles. The lowest BCUT2D eigenvalue weighted by molar-refractivity contribution is -0.137. The number of aromatic nitrogens is 1. The number of anilines is 1. The Kier molecular flexibility index (Phi) is 5.43. The first-order valence-electron chi connectivity index (χ1n) is 8.52. The molecule has 0 radical (unpaired) electrons. The maximum absolute atomic E-state index is 12.8. The van der Waals surface area contributed by atoms with Crippen molar-refractivity contribution in [2.24, 2.45) is 5.92 Å². The summed E-state index contributed by atoms with van der Waals surface area (Å²) in [6.45, 7) is 0.822. The van der Waals surface area contributed by atoms with E-state index in [1.807, 2.05) is 0 Å². The van der Waals surface area contributed by atoms with Gasteiger partial charge in [0.05, 0.1) is 11.1 Å². The summed E-state index contributed by atoms with van der Waals surface area (Å²) in [6.07, 6.45) is -0.470. The summed E-state index contributed by atoms with van der Waals surface area (Å²) >= 11 is 0. The summed E-state index contributed by atoms with van der Waals surface area (Å²) in [7, 11) is 0. The molecule has 1 aliphatic heterocycles. The van der Waals surface area contributed by atoms with Crippen molar-refractivity contribution in [1.29, 1.82) is 0 Å². The molecule has 1 aliphatic rings. The van der Waals surface area contributed by atoms with E-state index in [0.717, 1.165) is 12.1 Å². The SMILES string of the molecule is O=C(Nc1cccc(C(F)(F)F)c1)C1CCN(C(=O)c2cccnc2)CC1. The van der Waals surface area contributed by atoms with Crippen LogP contribution in [0.2, 0.25) is 0 Å². The monoisotopic (exact) mass is 377 g/mol. The van der Waals surface area contributed by atoms with Crippen LogP contribution in [0.5, 0.6) is 0 Å². The van der Waals surface area contributed by atoms with Crippen LogP contribution >= 0.6 is 0 Å². The van der Waals surface area contributed by atoms with Crippen molar-refractivity contribution in [3.63, 3.8) is 0 Å². The molecule has 2 heterocycles. The Labute approximate surface area is 154 Å². The lowest BCUT2D eigenvalue weighted by Crippen LogP contribution is -2.41. The van der Waals surface area contributed by atoms with Gasteiger partial charge in [-0.2, -0.15) is 13.2 Å². The largest absolute Gasteiger partial charge is 0.416 e. The lowest BCUT2D eigenvalue weighted by atomic mass is 9.95. The zero-order valence-corrected chi connectivity index (χ0v) is 14.4. The molecular formula is C19H18F3N3O2. The first-order chi connectivity index (χ1) is 12.8. The Morgan fingerprint density at radius 1 is 1.11 bits per heavy atom. The normalized spacial score (nSPS) is 15.4. The maximum atomic E-state index is 12.8. The van der Waals surface area contributed by atoms with Gasteiger partial charge in [0.1, 0.15) is 0 Å². The van der Waals surface area contributed by atoms with Gasteiger partial charge in [0.15, 0.2) is 0 Å². The maximum Gasteiger partial charge on any atom is 0.416 e. The van der Waals surface area contributed by atoms with Crippen molar-refractivity contribution in [3.8, 4) is 0 Å². The summed E-state index contributed by atoms with van der Waals surface area (Å²) in [6, 6.07) is 7.92. The van der Waals surface area contributed by atoms with Crippen LogP contribution in [0.3, 0.4) is 0 Å². The summed E-state index contributed by atoms with van der Waals surface area (Å²) in [5.41, 5.74) is -0.203. The van der Waals surface area contributed by atoms with Crippen LogP contribution in [0.25, 0.3) is 0 Å². The molecule has 1 saturated heterocycles. The molecule has 0 bridgehead atoms. The zero-order valence-electron chi connectivity index (χ0n) is 14.4. The van der Waals surface area contributed by atoms with Crippen molar-refractivity contribution in [3.05, 3.63) is 59.9 Å². The first kappa shape index (κ1) is 18.9. The number of alkyl halides is 3. The van der Waals surface area contributed by atoms with Crippen molar-refractivity contribution in [2.75, 3.05) is 18.4 Å². The first-order valence-corrected chi connectivity index (χ1v) is 8.52. The molecule has 0 spiro atoms. The van der Waals surface area contributed by atoms with Crippen molar-refractivity contribution < 1.29 is 22.8 Å². The van der Waals surface area contributed by atoms with Gasteiger partial charge in [-0.05, 0) is 43.2 Å². The van der Waals surface area contributed by atoms with Crippen molar-refractivity contribution >= 4 is 17.5 Å². The molecule has 27 heavy (non-hydrogen) atoms. The Morgan fingerprint density at radius 2 is 1.85 bits per heavy atom. The third kappa shape index (κ3) is 4.64. The fourth-order valence-corrected chi connectivity index (χ4v) is 3.03. The van der Waals surface area contributed by atoms with Gasteiger partial charge in [-0.1, -0.05) is 6.07 Å². The Hall–Kier alpha value is -2.90. The van der Waals surface area contributed by atoms with E-state index in [-0.39, 0.29) is 23.4 Å². The summed E-state index contributed by atoms with van der Waals surface area (Å²) in [5, 5.41) is 2.55. The van der Waals surface area contributed by atoms with Crippen LogP contribution in [0.1, 0.15) is 28.8 Å². The molecule has 2 aromatic rings. The highest BCUT2D eigenvalue weighted by Gasteiger charge is 2.31. The number of carbonyl (C=O) groups excluding carboxylic acids is 2.